The molecule has 0 aromatic heterocycles. The van der Waals surface area contributed by atoms with Gasteiger partial charge in [-0.2, -0.15) is 83.4 Å². The first-order chi connectivity index (χ1) is 16.9. The van der Waals surface area contributed by atoms with Crippen LogP contribution in [0.3, 0.4) is 0 Å². The highest BCUT2D eigenvalue weighted by Crippen LogP contribution is 2.64. The van der Waals surface area contributed by atoms with Crippen LogP contribution < -0.4 is 16.2 Å². The molecule has 0 amide bonds. The molecule has 0 spiro atoms. The van der Waals surface area contributed by atoms with Crippen molar-refractivity contribution >= 4 is 11.4 Å². The zero-order chi connectivity index (χ0) is 31.6. The molecule has 39 heavy (non-hydrogen) atoms. The summed E-state index contributed by atoms with van der Waals surface area (Å²) >= 11 is 0. The van der Waals surface area contributed by atoms with Crippen molar-refractivity contribution < 1.29 is 88.2 Å². The largest absolute Gasteiger partial charge is 0.460 e. The summed E-state index contributed by atoms with van der Waals surface area (Å²) in [5.74, 6) is -65.9. The number of alkyl halides is 17. The van der Waals surface area contributed by atoms with Gasteiger partial charge in [0, 0.05) is 11.8 Å². The number of nitrogens with two attached hydrogens (primary N) is 2. The van der Waals surface area contributed by atoms with Crippen molar-refractivity contribution in [1.29, 1.82) is 0 Å². The minimum absolute atomic E-state index is 0.0391. The highest BCUT2D eigenvalue weighted by Gasteiger charge is 2.95. The number of ether oxygens (including phenoxy) is 1. The molecule has 0 aliphatic heterocycles. The fraction of sp³-hybridized carbons (Fsp3) is 0.529. The first-order valence-electron chi connectivity index (χ1n) is 8.98. The average Bonchev–Trinajstić information content (AvgIpc) is 2.75. The van der Waals surface area contributed by atoms with Gasteiger partial charge in [0.2, 0.25) is 5.83 Å². The molecule has 4 N–H and O–H groups in total. The molecule has 226 valence electrons. The van der Waals surface area contributed by atoms with Gasteiger partial charge in [0.25, 0.3) is 0 Å². The number of rotatable bonds is 9. The maximum Gasteiger partial charge on any atom is 0.460 e. The maximum atomic E-state index is 13.8. The molecule has 0 saturated carbocycles. The quantitative estimate of drug-likeness (QED) is 0.170. The lowest BCUT2D eigenvalue weighted by Crippen LogP contribution is -2.74. The second-order valence-electron chi connectivity index (χ2n) is 7.45. The summed E-state index contributed by atoms with van der Waals surface area (Å²) in [6.45, 7) is 1.20. The molecule has 0 unspecified atom stereocenters. The molecule has 22 heteroatoms. The van der Waals surface area contributed by atoms with Crippen LogP contribution >= 0.6 is 0 Å². The Morgan fingerprint density at radius 2 is 0.923 bits per heavy atom. The molecule has 0 atom stereocenters. The number of hydrogen-bond donors (Lipinski definition) is 2. The molecular formula is C17H9F19N2O. The Kier molecular flexibility index (Phi) is 8.13. The summed E-state index contributed by atoms with van der Waals surface area (Å²) in [6, 6.07) is -2.56. The van der Waals surface area contributed by atoms with Crippen LogP contribution in [0, 0.1) is 6.92 Å². The van der Waals surface area contributed by atoms with Gasteiger partial charge in [-0.3, -0.25) is 0 Å². The Labute approximate surface area is 202 Å². The lowest BCUT2D eigenvalue weighted by atomic mass is 9.88. The van der Waals surface area contributed by atoms with Gasteiger partial charge in [-0.05, 0) is 18.6 Å². The van der Waals surface area contributed by atoms with E-state index in [1.165, 1.54) is 6.92 Å². The van der Waals surface area contributed by atoms with E-state index in [1.54, 1.807) is 0 Å². The van der Waals surface area contributed by atoms with Crippen LogP contribution in [-0.4, -0.2) is 47.6 Å². The van der Waals surface area contributed by atoms with E-state index >= 15 is 0 Å². The maximum absolute atomic E-state index is 13.8. The van der Waals surface area contributed by atoms with E-state index in [1.807, 2.05) is 0 Å². The summed E-state index contributed by atoms with van der Waals surface area (Å²) in [4.78, 5) is 0. The monoisotopic (exact) mass is 618 g/mol. The van der Waals surface area contributed by atoms with E-state index in [0.29, 0.717) is 6.07 Å². The molecule has 0 bridgehead atoms. The number of anilines is 2. The second kappa shape index (κ2) is 9.30. The molecule has 0 aliphatic rings. The Morgan fingerprint density at radius 3 is 1.31 bits per heavy atom. The molecular weight excluding hydrogens is 609 g/mol. The van der Waals surface area contributed by atoms with Crippen LogP contribution in [0.25, 0.3) is 0 Å². The Hall–Kier alpha value is -2.97. The van der Waals surface area contributed by atoms with Crippen molar-refractivity contribution in [2.45, 2.75) is 54.6 Å². The van der Waals surface area contributed by atoms with Crippen molar-refractivity contribution in [2.24, 2.45) is 0 Å². The number of aryl methyl sites for hydroxylation is 1. The predicted octanol–water partition coefficient (Wildman–Crippen LogP) is 7.66. The van der Waals surface area contributed by atoms with E-state index < -0.39 is 76.6 Å². The van der Waals surface area contributed by atoms with E-state index in [9.17, 15) is 83.4 Å². The number of allylic oxidation sites excluding steroid dienone is 1. The molecule has 0 saturated heterocycles. The molecule has 3 nitrogen and oxygen atoms in total. The fourth-order valence-corrected chi connectivity index (χ4v) is 2.38. The van der Waals surface area contributed by atoms with Crippen molar-refractivity contribution in [2.75, 3.05) is 11.5 Å². The number of nitrogen functional groups attached to an aromatic ring is 2. The van der Waals surface area contributed by atoms with Crippen LogP contribution in [0.2, 0.25) is 0 Å². The van der Waals surface area contributed by atoms with Gasteiger partial charge < -0.3 is 16.2 Å². The van der Waals surface area contributed by atoms with Gasteiger partial charge in [0.15, 0.2) is 5.75 Å². The van der Waals surface area contributed by atoms with Gasteiger partial charge in [-0.25, -0.2) is 0 Å². The first-order valence-corrected chi connectivity index (χ1v) is 8.98. The Morgan fingerprint density at radius 1 is 0.564 bits per heavy atom. The van der Waals surface area contributed by atoms with Gasteiger partial charge in [-0.1, -0.05) is 0 Å². The third kappa shape index (κ3) is 4.72. The van der Waals surface area contributed by atoms with E-state index in [0.717, 1.165) is 6.07 Å². The van der Waals surface area contributed by atoms with Crippen LogP contribution in [0.4, 0.5) is 94.8 Å². The zero-order valence-electron chi connectivity index (χ0n) is 17.9. The lowest BCUT2D eigenvalue weighted by Gasteiger charge is -2.42. The topological polar surface area (TPSA) is 61.3 Å². The highest BCUT2D eigenvalue weighted by atomic mass is 19.4. The minimum Gasteiger partial charge on any atom is -0.427 e. The number of hydrogen-bond acceptors (Lipinski definition) is 3. The second-order valence-corrected chi connectivity index (χ2v) is 7.45. The van der Waals surface area contributed by atoms with Gasteiger partial charge >= 0.3 is 53.6 Å². The van der Waals surface area contributed by atoms with Crippen molar-refractivity contribution in [3.63, 3.8) is 0 Å². The van der Waals surface area contributed by atoms with E-state index in [2.05, 4.69) is 4.74 Å². The average molecular weight is 618 g/mol. The molecule has 1 rings (SSSR count). The fourth-order valence-electron chi connectivity index (χ4n) is 2.38. The highest BCUT2D eigenvalue weighted by molar-refractivity contribution is 5.64. The summed E-state index contributed by atoms with van der Waals surface area (Å²) < 4.78 is 256. The summed E-state index contributed by atoms with van der Waals surface area (Å²) in [5, 5.41) is 0. The lowest BCUT2D eigenvalue weighted by molar-refractivity contribution is -0.460. The standard InChI is InChI=1S/C17H9F19N2O/c1-4-2-6(38)7(3-5(4)37)39-9(19)8(18)10(20,21)11(22,23)12(24,25)13(26,27)14(28,29)15(30,31)16(32,33)17(34,35)36/h2-3H,37-38H2,1H3. The molecule has 0 radical (unpaired) electrons. The first kappa shape index (κ1) is 34.1. The minimum atomic E-state index is -8.95. The number of halogens is 19. The normalized spacial score (nSPS) is 15.8. The molecule has 1 aromatic rings. The van der Waals surface area contributed by atoms with E-state index in [4.69, 9.17) is 11.5 Å². The molecule has 0 aliphatic carbocycles. The van der Waals surface area contributed by atoms with Crippen LogP contribution in [0.15, 0.2) is 24.0 Å². The molecule has 1 aromatic carbocycles. The summed E-state index contributed by atoms with van der Waals surface area (Å²) in [6.07, 6.45) is -7.92. The molecule has 0 fully saturated rings. The molecule has 0 heterocycles. The predicted molar refractivity (Wildman–Crippen MR) is 90.6 cm³/mol. The Bertz CT molecular complexity index is 1120. The SMILES string of the molecule is Cc1cc(N)c(OC(F)=C(F)C(F)(F)C(F)(F)C(F)(F)C(F)(F)C(F)(F)C(F)(F)C(F)(F)C(F)(F)F)cc1N. The van der Waals surface area contributed by atoms with Gasteiger partial charge in [0.1, 0.15) is 0 Å². The van der Waals surface area contributed by atoms with Crippen molar-refractivity contribution in [1.82, 2.24) is 0 Å². The summed E-state index contributed by atoms with van der Waals surface area (Å²) in [5.41, 5.74) is 9.18. The third-order valence-electron chi connectivity index (χ3n) is 4.77. The van der Waals surface area contributed by atoms with Crippen LogP contribution in [-0.2, 0) is 0 Å². The van der Waals surface area contributed by atoms with Gasteiger partial charge in [0.05, 0.1) is 5.69 Å². The number of benzene rings is 1. The van der Waals surface area contributed by atoms with Crippen LogP contribution in [0.1, 0.15) is 5.56 Å². The van der Waals surface area contributed by atoms with Crippen molar-refractivity contribution in [3.05, 3.63) is 29.5 Å². The van der Waals surface area contributed by atoms with E-state index in [-0.39, 0.29) is 5.56 Å². The summed E-state index contributed by atoms with van der Waals surface area (Å²) in [7, 11) is 0. The van der Waals surface area contributed by atoms with Crippen LogP contribution in [0.5, 0.6) is 5.75 Å². The third-order valence-corrected chi connectivity index (χ3v) is 4.77. The van der Waals surface area contributed by atoms with Crippen molar-refractivity contribution in [3.8, 4) is 5.75 Å². The van der Waals surface area contributed by atoms with Gasteiger partial charge in [-0.15, -0.1) is 0 Å². The smallest absolute Gasteiger partial charge is 0.427 e. The zero-order valence-corrected chi connectivity index (χ0v) is 17.9. The Balaban J connectivity index is 3.70.